The van der Waals surface area contributed by atoms with Crippen LogP contribution in [0.3, 0.4) is 0 Å². The van der Waals surface area contributed by atoms with E-state index in [1.54, 1.807) is 0 Å². The molecule has 0 aliphatic rings. The van der Waals surface area contributed by atoms with Gasteiger partial charge in [0.05, 0.1) is 0 Å². The van der Waals surface area contributed by atoms with Crippen molar-refractivity contribution in [2.75, 3.05) is 26.0 Å². The third-order valence-corrected chi connectivity index (χ3v) is 4.21. The summed E-state index contributed by atoms with van der Waals surface area (Å²) in [6.45, 7) is 7.56. The Morgan fingerprint density at radius 3 is 2.29 bits per heavy atom. The number of nitrogens with one attached hydrogen (secondary N) is 1. The van der Waals surface area contributed by atoms with Gasteiger partial charge in [0.25, 0.3) is 0 Å². The molecule has 0 saturated carbocycles. The molecule has 2 heteroatoms. The highest BCUT2D eigenvalue weighted by Crippen LogP contribution is 2.31. The van der Waals surface area contributed by atoms with Gasteiger partial charge in [-0.1, -0.05) is 42.5 Å². The van der Waals surface area contributed by atoms with Crippen molar-refractivity contribution >= 4 is 5.69 Å². The highest BCUT2D eigenvalue weighted by Gasteiger charge is 2.10. The first kappa shape index (κ1) is 15.6. The summed E-state index contributed by atoms with van der Waals surface area (Å²) in [6.07, 6.45) is 0. The first-order valence-corrected chi connectivity index (χ1v) is 7.56. The van der Waals surface area contributed by atoms with E-state index in [1.807, 2.05) is 0 Å². The lowest BCUT2D eigenvalue weighted by Gasteiger charge is -2.23. The van der Waals surface area contributed by atoms with Crippen LogP contribution in [0, 0.1) is 13.8 Å². The summed E-state index contributed by atoms with van der Waals surface area (Å²) in [5.41, 5.74) is 6.48. The molecule has 21 heavy (non-hydrogen) atoms. The third-order valence-electron chi connectivity index (χ3n) is 4.21. The van der Waals surface area contributed by atoms with E-state index < -0.39 is 0 Å². The van der Waals surface area contributed by atoms with Crippen LogP contribution < -0.4 is 5.32 Å². The van der Waals surface area contributed by atoms with Gasteiger partial charge in [-0.25, -0.2) is 0 Å². The van der Waals surface area contributed by atoms with Gasteiger partial charge in [0, 0.05) is 18.3 Å². The maximum Gasteiger partial charge on any atom is 0.0406 e. The molecule has 0 amide bonds. The van der Waals surface area contributed by atoms with Crippen LogP contribution in [0.15, 0.2) is 42.5 Å². The highest BCUT2D eigenvalue weighted by molar-refractivity contribution is 5.75. The lowest BCUT2D eigenvalue weighted by atomic mass is 9.96. The molecule has 0 saturated heterocycles. The minimum atomic E-state index is 0.504. The number of aryl methyl sites for hydroxylation is 1. The molecule has 0 heterocycles. The fraction of sp³-hybridized carbons (Fsp3) is 0.368. The van der Waals surface area contributed by atoms with Gasteiger partial charge < -0.3 is 10.2 Å². The minimum absolute atomic E-state index is 0.504. The van der Waals surface area contributed by atoms with Crippen molar-refractivity contribution in [3.8, 4) is 11.1 Å². The van der Waals surface area contributed by atoms with Crippen LogP contribution in [-0.2, 0) is 0 Å². The van der Waals surface area contributed by atoms with Gasteiger partial charge in [0.2, 0.25) is 0 Å². The van der Waals surface area contributed by atoms with Crippen molar-refractivity contribution in [1.82, 2.24) is 4.90 Å². The van der Waals surface area contributed by atoms with E-state index >= 15 is 0 Å². The highest BCUT2D eigenvalue weighted by atomic mass is 15.1. The SMILES string of the molecule is Cc1ccc(-c2ccccc2)c(C)c1NCC(C)N(C)C. The fourth-order valence-corrected chi connectivity index (χ4v) is 2.48. The van der Waals surface area contributed by atoms with Gasteiger partial charge in [-0.15, -0.1) is 0 Å². The van der Waals surface area contributed by atoms with Gasteiger partial charge in [0.1, 0.15) is 0 Å². The lowest BCUT2D eigenvalue weighted by molar-refractivity contribution is 0.326. The zero-order chi connectivity index (χ0) is 15.4. The maximum absolute atomic E-state index is 3.63. The standard InChI is InChI=1S/C19H26N2/c1-14-11-12-18(17-9-7-6-8-10-17)16(3)19(14)20-13-15(2)21(4)5/h6-12,15,20H,13H2,1-5H3. The second-order valence-electron chi connectivity index (χ2n) is 5.99. The van der Waals surface area contributed by atoms with E-state index in [1.165, 1.54) is 27.9 Å². The Hall–Kier alpha value is -1.80. The van der Waals surface area contributed by atoms with Crippen LogP contribution in [0.5, 0.6) is 0 Å². The Labute approximate surface area is 128 Å². The number of likely N-dealkylation sites (N-methyl/N-ethyl adjacent to an activating group) is 1. The molecule has 0 aliphatic heterocycles. The van der Waals surface area contributed by atoms with Gasteiger partial charge >= 0.3 is 0 Å². The van der Waals surface area contributed by atoms with Crippen LogP contribution in [0.25, 0.3) is 11.1 Å². The number of hydrogen-bond acceptors (Lipinski definition) is 2. The van der Waals surface area contributed by atoms with Crippen molar-refractivity contribution in [2.24, 2.45) is 0 Å². The van der Waals surface area contributed by atoms with E-state index in [0.29, 0.717) is 6.04 Å². The monoisotopic (exact) mass is 282 g/mol. The Kier molecular flexibility index (Phi) is 5.03. The zero-order valence-corrected chi connectivity index (χ0v) is 13.8. The summed E-state index contributed by atoms with van der Waals surface area (Å²) in [5.74, 6) is 0. The Balaban J connectivity index is 2.30. The quantitative estimate of drug-likeness (QED) is 0.878. The third kappa shape index (κ3) is 3.64. The van der Waals surface area contributed by atoms with E-state index in [2.05, 4.69) is 87.5 Å². The first-order valence-electron chi connectivity index (χ1n) is 7.56. The second kappa shape index (κ2) is 6.77. The topological polar surface area (TPSA) is 15.3 Å². The van der Waals surface area contributed by atoms with E-state index in [9.17, 15) is 0 Å². The molecule has 2 nitrogen and oxygen atoms in total. The number of benzene rings is 2. The van der Waals surface area contributed by atoms with Crippen molar-refractivity contribution in [1.29, 1.82) is 0 Å². The average Bonchev–Trinajstić information content (AvgIpc) is 2.47. The van der Waals surface area contributed by atoms with Crippen LogP contribution in [0.2, 0.25) is 0 Å². The molecule has 2 rings (SSSR count). The molecule has 1 unspecified atom stereocenters. The van der Waals surface area contributed by atoms with Crippen molar-refractivity contribution in [3.63, 3.8) is 0 Å². The Morgan fingerprint density at radius 2 is 1.67 bits per heavy atom. The summed E-state index contributed by atoms with van der Waals surface area (Å²) in [6, 6.07) is 15.5. The molecule has 0 radical (unpaired) electrons. The van der Waals surface area contributed by atoms with Gasteiger partial charge in [-0.3, -0.25) is 0 Å². The number of nitrogens with zero attached hydrogens (tertiary/aromatic N) is 1. The molecule has 0 fully saturated rings. The molecule has 0 aromatic heterocycles. The molecular weight excluding hydrogens is 256 g/mol. The maximum atomic E-state index is 3.63. The second-order valence-corrected chi connectivity index (χ2v) is 5.99. The van der Waals surface area contributed by atoms with Gasteiger partial charge in [0.15, 0.2) is 0 Å². The van der Waals surface area contributed by atoms with Crippen LogP contribution in [0.4, 0.5) is 5.69 Å². The summed E-state index contributed by atoms with van der Waals surface area (Å²) >= 11 is 0. The Bertz CT molecular complexity index is 588. The summed E-state index contributed by atoms with van der Waals surface area (Å²) in [5, 5.41) is 3.63. The summed E-state index contributed by atoms with van der Waals surface area (Å²) < 4.78 is 0. The van der Waals surface area contributed by atoms with Crippen LogP contribution in [-0.4, -0.2) is 31.6 Å². The van der Waals surface area contributed by atoms with Crippen molar-refractivity contribution < 1.29 is 0 Å². The summed E-state index contributed by atoms with van der Waals surface area (Å²) in [7, 11) is 4.24. The normalized spacial score (nSPS) is 12.5. The molecule has 1 atom stereocenters. The molecule has 0 bridgehead atoms. The van der Waals surface area contributed by atoms with Crippen LogP contribution in [0.1, 0.15) is 18.1 Å². The fourth-order valence-electron chi connectivity index (χ4n) is 2.48. The van der Waals surface area contributed by atoms with E-state index in [4.69, 9.17) is 0 Å². The Morgan fingerprint density at radius 1 is 1.00 bits per heavy atom. The number of anilines is 1. The number of rotatable bonds is 5. The van der Waals surface area contributed by atoms with Gasteiger partial charge in [-0.05, 0) is 57.1 Å². The lowest BCUT2D eigenvalue weighted by Crippen LogP contribution is -2.31. The predicted octanol–water partition coefficient (Wildman–Crippen LogP) is 4.33. The molecule has 0 spiro atoms. The van der Waals surface area contributed by atoms with E-state index in [0.717, 1.165) is 6.54 Å². The van der Waals surface area contributed by atoms with Gasteiger partial charge in [-0.2, -0.15) is 0 Å². The average molecular weight is 282 g/mol. The summed E-state index contributed by atoms with van der Waals surface area (Å²) in [4.78, 5) is 2.23. The molecule has 2 aromatic carbocycles. The number of hydrogen-bond donors (Lipinski definition) is 1. The molecule has 1 N–H and O–H groups in total. The zero-order valence-electron chi connectivity index (χ0n) is 13.8. The molecule has 2 aromatic rings. The van der Waals surface area contributed by atoms with E-state index in [-0.39, 0.29) is 0 Å². The molecular formula is C19H26N2. The minimum Gasteiger partial charge on any atom is -0.383 e. The van der Waals surface area contributed by atoms with Crippen molar-refractivity contribution in [3.05, 3.63) is 53.6 Å². The predicted molar refractivity (Wildman–Crippen MR) is 93.0 cm³/mol. The van der Waals surface area contributed by atoms with Crippen LogP contribution >= 0.6 is 0 Å². The first-order chi connectivity index (χ1) is 10.0. The molecule has 0 aliphatic carbocycles. The molecule has 112 valence electrons. The smallest absolute Gasteiger partial charge is 0.0406 e. The van der Waals surface area contributed by atoms with Crippen molar-refractivity contribution in [2.45, 2.75) is 26.8 Å². The largest absolute Gasteiger partial charge is 0.383 e.